The van der Waals surface area contributed by atoms with E-state index in [4.69, 9.17) is 0 Å². The van der Waals surface area contributed by atoms with E-state index in [0.717, 1.165) is 15.6 Å². The summed E-state index contributed by atoms with van der Waals surface area (Å²) in [5.41, 5.74) is 1.13. The lowest BCUT2D eigenvalue weighted by atomic mass is 9.64. The van der Waals surface area contributed by atoms with Gasteiger partial charge in [-0.3, -0.25) is 9.59 Å². The Morgan fingerprint density at radius 1 is 1.30 bits per heavy atom. The topological polar surface area (TPSA) is 40.6 Å². The van der Waals surface area contributed by atoms with Gasteiger partial charge in [0.2, 0.25) is 5.91 Å². The summed E-state index contributed by atoms with van der Waals surface area (Å²) in [6.45, 7) is 0. The first kappa shape index (κ1) is 13.5. The van der Waals surface area contributed by atoms with Gasteiger partial charge in [0.05, 0.1) is 6.42 Å². The van der Waals surface area contributed by atoms with Gasteiger partial charge in [-0.2, -0.15) is 0 Å². The molecule has 1 saturated heterocycles. The number of amides is 2. The Labute approximate surface area is 126 Å². The summed E-state index contributed by atoms with van der Waals surface area (Å²) in [6.07, 6.45) is 10.7. The van der Waals surface area contributed by atoms with Gasteiger partial charge in [-0.1, -0.05) is 34.2 Å². The van der Waals surface area contributed by atoms with Crippen molar-refractivity contribution in [3.8, 4) is 0 Å². The SMILES string of the molecule is CN(C)N1C(=O)CC2=CC(Br)=CC3=CC=CCC32C1=O. The molecule has 3 rings (SSSR count). The predicted molar refractivity (Wildman–Crippen MR) is 79.5 cm³/mol. The monoisotopic (exact) mass is 334 g/mol. The van der Waals surface area contributed by atoms with Crippen molar-refractivity contribution in [2.24, 2.45) is 5.41 Å². The molecule has 4 nitrogen and oxygen atoms in total. The largest absolute Gasteiger partial charge is 0.273 e. The molecule has 2 amide bonds. The summed E-state index contributed by atoms with van der Waals surface area (Å²) < 4.78 is 0.906. The minimum absolute atomic E-state index is 0.156. The maximum Gasteiger partial charge on any atom is 0.259 e. The third-order valence-corrected chi connectivity index (χ3v) is 4.48. The second-order valence-corrected chi connectivity index (χ2v) is 6.31. The second kappa shape index (κ2) is 4.53. The van der Waals surface area contributed by atoms with Gasteiger partial charge in [0.15, 0.2) is 0 Å². The van der Waals surface area contributed by atoms with E-state index in [1.54, 1.807) is 19.1 Å². The highest BCUT2D eigenvalue weighted by atomic mass is 79.9. The Morgan fingerprint density at radius 3 is 2.75 bits per heavy atom. The number of nitrogens with zero attached hydrogens (tertiary/aromatic N) is 2. The zero-order valence-electron chi connectivity index (χ0n) is 11.4. The van der Waals surface area contributed by atoms with Gasteiger partial charge in [-0.05, 0) is 29.7 Å². The zero-order chi connectivity index (χ0) is 14.5. The maximum absolute atomic E-state index is 13.0. The van der Waals surface area contributed by atoms with Crippen molar-refractivity contribution in [1.29, 1.82) is 0 Å². The number of carbonyl (C=O) groups is 2. The van der Waals surface area contributed by atoms with Crippen LogP contribution in [0.2, 0.25) is 0 Å². The van der Waals surface area contributed by atoms with Crippen LogP contribution >= 0.6 is 15.9 Å². The molecule has 20 heavy (non-hydrogen) atoms. The summed E-state index contributed by atoms with van der Waals surface area (Å²) in [7, 11) is 3.44. The van der Waals surface area contributed by atoms with Crippen molar-refractivity contribution >= 4 is 27.7 Å². The number of hydrogen-bond donors (Lipinski definition) is 0. The highest BCUT2D eigenvalue weighted by Crippen LogP contribution is 2.51. The summed E-state index contributed by atoms with van der Waals surface area (Å²) in [5, 5.41) is 2.83. The number of carbonyl (C=O) groups excluding carboxylic acids is 2. The molecule has 1 heterocycles. The normalized spacial score (nSPS) is 28.8. The van der Waals surface area contributed by atoms with Crippen molar-refractivity contribution in [2.45, 2.75) is 12.8 Å². The lowest BCUT2D eigenvalue weighted by Gasteiger charge is -2.46. The van der Waals surface area contributed by atoms with Gasteiger partial charge in [0, 0.05) is 18.6 Å². The smallest absolute Gasteiger partial charge is 0.259 e. The van der Waals surface area contributed by atoms with Crippen LogP contribution in [0, 0.1) is 5.41 Å². The van der Waals surface area contributed by atoms with Crippen LogP contribution in [0.25, 0.3) is 0 Å². The summed E-state index contributed by atoms with van der Waals surface area (Å²) in [5.74, 6) is -0.329. The van der Waals surface area contributed by atoms with Gasteiger partial charge in [0.1, 0.15) is 5.41 Å². The molecule has 1 fully saturated rings. The molecule has 1 unspecified atom stereocenters. The summed E-state index contributed by atoms with van der Waals surface area (Å²) >= 11 is 3.47. The molecule has 2 aliphatic carbocycles. The van der Waals surface area contributed by atoms with E-state index in [1.807, 2.05) is 30.4 Å². The number of hydrazine groups is 1. The fraction of sp³-hybridized carbons (Fsp3) is 0.333. The molecule has 0 N–H and O–H groups in total. The summed E-state index contributed by atoms with van der Waals surface area (Å²) in [6, 6.07) is 0. The second-order valence-electron chi connectivity index (χ2n) is 5.39. The van der Waals surface area contributed by atoms with Crippen LogP contribution in [0.15, 0.2) is 46.0 Å². The number of allylic oxidation sites excluding steroid dienone is 6. The molecular formula is C15H15BrN2O2. The van der Waals surface area contributed by atoms with Crippen molar-refractivity contribution in [3.63, 3.8) is 0 Å². The van der Waals surface area contributed by atoms with Crippen LogP contribution in [0.1, 0.15) is 12.8 Å². The lowest BCUT2D eigenvalue weighted by Crippen LogP contribution is -2.58. The quantitative estimate of drug-likeness (QED) is 0.691. The van der Waals surface area contributed by atoms with Crippen LogP contribution in [0.4, 0.5) is 0 Å². The van der Waals surface area contributed by atoms with Gasteiger partial charge >= 0.3 is 0 Å². The van der Waals surface area contributed by atoms with Crippen LogP contribution < -0.4 is 0 Å². The van der Waals surface area contributed by atoms with Crippen LogP contribution in [-0.4, -0.2) is 35.9 Å². The maximum atomic E-state index is 13.0. The molecule has 0 bridgehead atoms. The fourth-order valence-electron chi connectivity index (χ4n) is 3.13. The molecule has 0 radical (unpaired) electrons. The molecule has 0 saturated carbocycles. The summed E-state index contributed by atoms with van der Waals surface area (Å²) in [4.78, 5) is 25.2. The third kappa shape index (κ3) is 1.70. The van der Waals surface area contributed by atoms with Crippen molar-refractivity contribution in [1.82, 2.24) is 10.0 Å². The third-order valence-electron chi connectivity index (χ3n) is 4.02. The average molecular weight is 335 g/mol. The minimum atomic E-state index is -0.704. The lowest BCUT2D eigenvalue weighted by molar-refractivity contribution is -0.168. The van der Waals surface area contributed by atoms with E-state index in [2.05, 4.69) is 15.9 Å². The van der Waals surface area contributed by atoms with E-state index < -0.39 is 5.41 Å². The van der Waals surface area contributed by atoms with Crippen molar-refractivity contribution in [3.05, 3.63) is 46.0 Å². The molecular weight excluding hydrogens is 320 g/mol. The standard InChI is InChI=1S/C15H15BrN2O2/c1-17(2)18-13(19)9-11-8-12(16)7-10-5-3-4-6-15(10,11)14(18)20/h3-5,7-8H,6,9H2,1-2H3. The van der Waals surface area contributed by atoms with Crippen LogP contribution in [0.3, 0.4) is 0 Å². The molecule has 104 valence electrons. The first-order chi connectivity index (χ1) is 9.46. The van der Waals surface area contributed by atoms with Crippen LogP contribution in [0.5, 0.6) is 0 Å². The molecule has 5 heteroatoms. The number of halogens is 1. The van der Waals surface area contributed by atoms with Crippen molar-refractivity contribution < 1.29 is 9.59 Å². The van der Waals surface area contributed by atoms with Gasteiger partial charge in [-0.25, -0.2) is 10.0 Å². The Hall–Kier alpha value is -1.46. The Kier molecular flexibility index (Phi) is 3.06. The predicted octanol–water partition coefficient (Wildman–Crippen LogP) is 2.31. The van der Waals surface area contributed by atoms with Gasteiger partial charge < -0.3 is 0 Å². The molecule has 0 aromatic heterocycles. The fourth-order valence-corrected chi connectivity index (χ4v) is 3.65. The number of piperidine rings is 1. The molecule has 0 aromatic rings. The first-order valence-corrected chi connectivity index (χ1v) is 7.26. The van der Waals surface area contributed by atoms with E-state index in [-0.39, 0.29) is 18.2 Å². The highest BCUT2D eigenvalue weighted by molar-refractivity contribution is 9.11. The van der Waals surface area contributed by atoms with Crippen molar-refractivity contribution in [2.75, 3.05) is 14.1 Å². The van der Waals surface area contributed by atoms with Gasteiger partial charge in [0.25, 0.3) is 5.91 Å². The average Bonchev–Trinajstić information content (AvgIpc) is 2.37. The van der Waals surface area contributed by atoms with Crippen LogP contribution in [-0.2, 0) is 9.59 Å². The molecule has 1 spiro atoms. The molecule has 0 aromatic carbocycles. The van der Waals surface area contributed by atoms with E-state index in [0.29, 0.717) is 6.42 Å². The molecule has 1 atom stereocenters. The van der Waals surface area contributed by atoms with Gasteiger partial charge in [-0.15, -0.1) is 0 Å². The van der Waals surface area contributed by atoms with E-state index in [1.165, 1.54) is 5.01 Å². The zero-order valence-corrected chi connectivity index (χ0v) is 13.0. The minimum Gasteiger partial charge on any atom is -0.273 e. The Morgan fingerprint density at radius 2 is 2.05 bits per heavy atom. The highest BCUT2D eigenvalue weighted by Gasteiger charge is 2.53. The Bertz CT molecular complexity index is 628. The van der Waals surface area contributed by atoms with E-state index in [9.17, 15) is 9.59 Å². The number of hydrogen-bond acceptors (Lipinski definition) is 3. The Balaban J connectivity index is 2.18. The first-order valence-electron chi connectivity index (χ1n) is 6.47. The van der Waals surface area contributed by atoms with E-state index >= 15 is 0 Å². The number of rotatable bonds is 1. The number of imide groups is 1. The molecule has 3 aliphatic rings. The molecule has 1 aliphatic heterocycles.